The first kappa shape index (κ1) is 28.6. The van der Waals surface area contributed by atoms with E-state index in [9.17, 15) is 14.7 Å². The summed E-state index contributed by atoms with van der Waals surface area (Å²) in [6, 6.07) is 2.95. The van der Waals surface area contributed by atoms with E-state index in [1.54, 1.807) is 11.1 Å². The molecular weight excluding hydrogens is 518 g/mol. The van der Waals surface area contributed by atoms with E-state index in [-0.39, 0.29) is 23.8 Å². The second-order valence-corrected chi connectivity index (χ2v) is 17.8. The van der Waals surface area contributed by atoms with E-state index in [1.807, 2.05) is 37.6 Å². The van der Waals surface area contributed by atoms with Gasteiger partial charge >= 0.3 is 12.1 Å². The van der Waals surface area contributed by atoms with Gasteiger partial charge in [-0.15, -0.1) is 0 Å². The van der Waals surface area contributed by atoms with Crippen LogP contribution in [0.3, 0.4) is 0 Å². The summed E-state index contributed by atoms with van der Waals surface area (Å²) in [5.41, 5.74) is 1.41. The number of nitrogens with zero attached hydrogens (tertiary/aromatic N) is 4. The van der Waals surface area contributed by atoms with Gasteiger partial charge in [-0.2, -0.15) is 0 Å². The van der Waals surface area contributed by atoms with Gasteiger partial charge in [-0.3, -0.25) is 0 Å². The summed E-state index contributed by atoms with van der Waals surface area (Å²) in [7, 11) is -1.20. The molecule has 212 valence electrons. The highest BCUT2D eigenvalue weighted by atomic mass is 28.3. The molecule has 1 atom stereocenters. The quantitative estimate of drug-likeness (QED) is 0.258. The third kappa shape index (κ3) is 7.39. The number of oxazole rings is 1. The SMILES string of the molecule is CC(C)(C)OC(=O)N1CCC[C@@H](Nc2c(-c3ncc(C(=O)O)o3)cnc3c2ccn3COCC[Si](C)(C)C)C1. The summed E-state index contributed by atoms with van der Waals surface area (Å²) >= 11 is 0. The molecule has 4 heterocycles. The predicted octanol–water partition coefficient (Wildman–Crippen LogP) is 5.51. The number of piperidine rings is 1. The molecule has 1 fully saturated rings. The van der Waals surface area contributed by atoms with Crippen molar-refractivity contribution < 1.29 is 28.6 Å². The van der Waals surface area contributed by atoms with Crippen molar-refractivity contribution in [2.24, 2.45) is 0 Å². The molecule has 0 aromatic carbocycles. The maximum Gasteiger partial charge on any atom is 0.410 e. The first-order valence-electron chi connectivity index (χ1n) is 13.3. The van der Waals surface area contributed by atoms with E-state index in [2.05, 4.69) is 34.9 Å². The lowest BCUT2D eigenvalue weighted by Crippen LogP contribution is -2.47. The van der Waals surface area contributed by atoms with Gasteiger partial charge in [0.05, 0.1) is 17.4 Å². The van der Waals surface area contributed by atoms with Crippen molar-refractivity contribution in [2.75, 3.05) is 25.0 Å². The number of carboxylic acids is 1. The zero-order valence-electron chi connectivity index (χ0n) is 23.6. The number of fused-ring (bicyclic) bond motifs is 1. The van der Waals surface area contributed by atoms with Crippen LogP contribution in [0.2, 0.25) is 25.7 Å². The molecule has 0 spiro atoms. The maximum atomic E-state index is 12.7. The molecule has 0 unspecified atom stereocenters. The average Bonchev–Trinajstić information content (AvgIpc) is 3.49. The number of amides is 1. The number of hydrogen-bond acceptors (Lipinski definition) is 8. The number of nitrogens with one attached hydrogen (secondary N) is 1. The third-order valence-corrected chi connectivity index (χ3v) is 8.09. The Morgan fingerprint density at radius 3 is 2.67 bits per heavy atom. The highest BCUT2D eigenvalue weighted by molar-refractivity contribution is 6.76. The van der Waals surface area contributed by atoms with Crippen LogP contribution in [-0.4, -0.2) is 76.0 Å². The van der Waals surface area contributed by atoms with Crippen molar-refractivity contribution in [2.45, 2.75) is 77.7 Å². The molecule has 0 radical (unpaired) electrons. The number of aromatic nitrogens is 3. The zero-order valence-corrected chi connectivity index (χ0v) is 24.6. The van der Waals surface area contributed by atoms with Gasteiger partial charge in [0.2, 0.25) is 11.7 Å². The number of carbonyl (C=O) groups excluding carboxylic acids is 1. The molecule has 4 rings (SSSR count). The Hall–Kier alpha value is -3.38. The molecule has 0 saturated carbocycles. The molecule has 12 heteroatoms. The lowest BCUT2D eigenvalue weighted by atomic mass is 10.0. The largest absolute Gasteiger partial charge is 0.475 e. The van der Waals surface area contributed by atoms with Gasteiger partial charge in [0, 0.05) is 51.6 Å². The van der Waals surface area contributed by atoms with Crippen LogP contribution in [0.25, 0.3) is 22.5 Å². The average molecular weight is 558 g/mol. The molecular formula is C27H39N5O6Si. The standard InChI is InChI=1S/C27H39N5O6Si/c1-27(2,3)38-26(35)31-10-7-8-18(16-31)30-22-19-9-11-32(17-36-12-13-39(4,5)6)23(19)28-14-20(22)24-29-15-21(37-24)25(33)34/h9,11,14-15,18H,7-8,10,12-13,16-17H2,1-6H3,(H,28,30)(H,33,34)/t18-/m1/s1. The van der Waals surface area contributed by atoms with E-state index in [0.29, 0.717) is 32.0 Å². The Bertz CT molecular complexity index is 1320. The van der Waals surface area contributed by atoms with Crippen LogP contribution >= 0.6 is 0 Å². The molecule has 1 saturated heterocycles. The Balaban J connectivity index is 1.62. The van der Waals surface area contributed by atoms with Gasteiger partial charge in [0.15, 0.2) is 0 Å². The second kappa shape index (κ2) is 11.4. The van der Waals surface area contributed by atoms with E-state index in [0.717, 1.165) is 35.6 Å². The van der Waals surface area contributed by atoms with Crippen LogP contribution in [0.1, 0.15) is 44.2 Å². The van der Waals surface area contributed by atoms with Crippen molar-refractivity contribution in [3.8, 4) is 11.5 Å². The van der Waals surface area contributed by atoms with Crippen LogP contribution < -0.4 is 5.32 Å². The molecule has 11 nitrogen and oxygen atoms in total. The van der Waals surface area contributed by atoms with Crippen molar-refractivity contribution in [1.82, 2.24) is 19.4 Å². The molecule has 3 aromatic heterocycles. The summed E-state index contributed by atoms with van der Waals surface area (Å²) in [6.45, 7) is 14.7. The minimum atomic E-state index is -1.20. The Morgan fingerprint density at radius 1 is 1.23 bits per heavy atom. The number of pyridine rings is 1. The molecule has 3 aromatic rings. The van der Waals surface area contributed by atoms with Crippen molar-refractivity contribution >= 4 is 36.9 Å². The van der Waals surface area contributed by atoms with Gasteiger partial charge in [0.25, 0.3) is 0 Å². The number of rotatable bonds is 9. The summed E-state index contributed by atoms with van der Waals surface area (Å²) in [5, 5.41) is 13.8. The Morgan fingerprint density at radius 2 is 2.00 bits per heavy atom. The van der Waals surface area contributed by atoms with Gasteiger partial charge in [0.1, 0.15) is 18.0 Å². The first-order valence-corrected chi connectivity index (χ1v) is 17.0. The van der Waals surface area contributed by atoms with Crippen molar-refractivity contribution in [1.29, 1.82) is 0 Å². The minimum Gasteiger partial charge on any atom is -0.475 e. The van der Waals surface area contributed by atoms with E-state index in [4.69, 9.17) is 13.9 Å². The normalized spacial score (nSPS) is 16.5. The van der Waals surface area contributed by atoms with E-state index >= 15 is 0 Å². The van der Waals surface area contributed by atoms with Gasteiger partial charge in [-0.25, -0.2) is 19.6 Å². The fourth-order valence-corrected chi connectivity index (χ4v) is 5.15. The van der Waals surface area contributed by atoms with Crippen molar-refractivity contribution in [3.63, 3.8) is 0 Å². The summed E-state index contributed by atoms with van der Waals surface area (Å²) in [6.07, 6.45) is 6.06. The van der Waals surface area contributed by atoms with Crippen LogP contribution in [0, 0.1) is 0 Å². The number of carbonyl (C=O) groups is 2. The Kier molecular flexibility index (Phi) is 8.36. The summed E-state index contributed by atoms with van der Waals surface area (Å²) in [4.78, 5) is 34.7. The van der Waals surface area contributed by atoms with Gasteiger partial charge in [-0.1, -0.05) is 19.6 Å². The van der Waals surface area contributed by atoms with Gasteiger partial charge < -0.3 is 33.8 Å². The molecule has 1 aliphatic heterocycles. The van der Waals surface area contributed by atoms with Crippen LogP contribution in [0.4, 0.5) is 10.5 Å². The molecule has 39 heavy (non-hydrogen) atoms. The number of likely N-dealkylation sites (tertiary alicyclic amines) is 1. The maximum absolute atomic E-state index is 12.7. The minimum absolute atomic E-state index is 0.0686. The lowest BCUT2D eigenvalue weighted by Gasteiger charge is -2.35. The fourth-order valence-electron chi connectivity index (χ4n) is 4.39. The van der Waals surface area contributed by atoms with E-state index in [1.165, 1.54) is 6.20 Å². The van der Waals surface area contributed by atoms with Crippen LogP contribution in [0.15, 0.2) is 29.1 Å². The predicted molar refractivity (Wildman–Crippen MR) is 151 cm³/mol. The fraction of sp³-hybridized carbons (Fsp3) is 0.556. The van der Waals surface area contributed by atoms with Crippen LogP contribution in [-0.2, 0) is 16.2 Å². The smallest absolute Gasteiger partial charge is 0.410 e. The molecule has 0 aliphatic carbocycles. The molecule has 1 aliphatic rings. The molecule has 1 amide bonds. The highest BCUT2D eigenvalue weighted by Gasteiger charge is 2.29. The summed E-state index contributed by atoms with van der Waals surface area (Å²) in [5.74, 6) is -1.29. The number of hydrogen-bond donors (Lipinski definition) is 2. The topological polar surface area (TPSA) is 132 Å². The number of ether oxygens (including phenoxy) is 2. The monoisotopic (exact) mass is 557 g/mol. The zero-order chi connectivity index (χ0) is 28.4. The number of carboxylic acid groups (broad SMARTS) is 1. The lowest BCUT2D eigenvalue weighted by molar-refractivity contribution is 0.0206. The number of anilines is 1. The summed E-state index contributed by atoms with van der Waals surface area (Å²) < 4.78 is 19.0. The third-order valence-electron chi connectivity index (χ3n) is 6.38. The second-order valence-electron chi connectivity index (χ2n) is 12.2. The Labute approximate surface area is 229 Å². The molecule has 2 N–H and O–H groups in total. The van der Waals surface area contributed by atoms with Crippen LogP contribution in [0.5, 0.6) is 0 Å². The first-order chi connectivity index (χ1) is 18.3. The van der Waals surface area contributed by atoms with E-state index < -0.39 is 19.6 Å². The highest BCUT2D eigenvalue weighted by Crippen LogP contribution is 2.35. The molecule has 0 bridgehead atoms. The number of aromatic carboxylic acids is 1. The van der Waals surface area contributed by atoms with Crippen molar-refractivity contribution in [3.05, 3.63) is 30.4 Å². The van der Waals surface area contributed by atoms with Gasteiger partial charge in [-0.05, 0) is 45.7 Å².